The summed E-state index contributed by atoms with van der Waals surface area (Å²) in [5.41, 5.74) is 5.95. The Morgan fingerprint density at radius 3 is 2.14 bits per heavy atom. The maximum absolute atomic E-state index is 5.34. The number of rotatable bonds is 9. The van der Waals surface area contributed by atoms with Crippen LogP contribution in [-0.2, 0) is 19.5 Å². The van der Waals surface area contributed by atoms with E-state index in [1.165, 1.54) is 29.8 Å². The Morgan fingerprint density at radius 2 is 1.51 bits per heavy atom. The zero-order valence-electron chi connectivity index (χ0n) is 20.3. The number of hydrogen-bond acceptors (Lipinski definition) is 5. The molecule has 3 atom stereocenters. The summed E-state index contributed by atoms with van der Waals surface area (Å²) >= 11 is 0. The molecule has 1 saturated carbocycles. The van der Waals surface area contributed by atoms with Gasteiger partial charge in [0.15, 0.2) is 0 Å². The van der Waals surface area contributed by atoms with Gasteiger partial charge in [0.25, 0.3) is 0 Å². The minimum atomic E-state index is 0.647. The summed E-state index contributed by atoms with van der Waals surface area (Å²) in [5, 5.41) is 0. The molecule has 6 rings (SSSR count). The predicted octanol–water partition coefficient (Wildman–Crippen LogP) is 4.81. The number of benzene rings is 2. The number of aromatic nitrogens is 2. The maximum Gasteiger partial charge on any atom is 0.213 e. The van der Waals surface area contributed by atoms with Gasteiger partial charge in [0.05, 0.1) is 18.1 Å². The number of piperidine rings is 1. The van der Waals surface area contributed by atoms with E-state index in [0.29, 0.717) is 11.9 Å². The monoisotopic (exact) mass is 464 g/mol. The van der Waals surface area contributed by atoms with Crippen LogP contribution in [0.4, 0.5) is 0 Å². The molecule has 0 N–H and O–H groups in total. The molecule has 178 valence electrons. The van der Waals surface area contributed by atoms with Crippen LogP contribution in [0.5, 0.6) is 5.88 Å². The van der Waals surface area contributed by atoms with E-state index in [4.69, 9.17) is 4.74 Å². The summed E-state index contributed by atoms with van der Waals surface area (Å²) in [6.07, 6.45) is 2.88. The van der Waals surface area contributed by atoms with Crippen molar-refractivity contribution in [3.63, 3.8) is 0 Å². The second-order valence-electron chi connectivity index (χ2n) is 9.90. The molecule has 1 saturated heterocycles. The molecule has 0 amide bonds. The number of likely N-dealkylation sites (tertiary alicyclic amines) is 1. The molecular weight excluding hydrogens is 432 g/mol. The van der Waals surface area contributed by atoms with Gasteiger partial charge in [-0.15, -0.1) is 0 Å². The summed E-state index contributed by atoms with van der Waals surface area (Å²) in [4.78, 5) is 14.5. The SMILES string of the molecule is COc1ccc2nccc(CCN3C[C@@H]4C(N(Cc5ccccc5)Cc5ccccc5)[C@@H]4C3)c2n1. The number of methoxy groups -OCH3 is 1. The topological polar surface area (TPSA) is 41.5 Å². The van der Waals surface area contributed by atoms with Crippen molar-refractivity contribution in [2.45, 2.75) is 25.6 Å². The fourth-order valence-corrected chi connectivity index (χ4v) is 5.86. The lowest BCUT2D eigenvalue weighted by molar-refractivity contribution is 0.186. The van der Waals surface area contributed by atoms with Crippen LogP contribution in [0.25, 0.3) is 11.0 Å². The number of nitrogens with zero attached hydrogens (tertiary/aromatic N) is 4. The highest BCUT2D eigenvalue weighted by Crippen LogP contribution is 2.49. The molecule has 1 aliphatic carbocycles. The highest BCUT2D eigenvalue weighted by molar-refractivity contribution is 5.78. The average Bonchev–Trinajstić information content (AvgIpc) is 3.41. The quantitative estimate of drug-likeness (QED) is 0.355. The van der Waals surface area contributed by atoms with Gasteiger partial charge >= 0.3 is 0 Å². The third-order valence-corrected chi connectivity index (χ3v) is 7.65. The fourth-order valence-electron chi connectivity index (χ4n) is 5.86. The second-order valence-corrected chi connectivity index (χ2v) is 9.90. The molecule has 35 heavy (non-hydrogen) atoms. The smallest absolute Gasteiger partial charge is 0.213 e. The minimum absolute atomic E-state index is 0.647. The van der Waals surface area contributed by atoms with Crippen LogP contribution in [0, 0.1) is 11.8 Å². The van der Waals surface area contributed by atoms with Gasteiger partial charge in [-0.3, -0.25) is 9.88 Å². The first-order valence-electron chi connectivity index (χ1n) is 12.6. The lowest BCUT2D eigenvalue weighted by atomic mass is 10.1. The summed E-state index contributed by atoms with van der Waals surface area (Å²) in [6.45, 7) is 5.48. The summed E-state index contributed by atoms with van der Waals surface area (Å²) in [5.74, 6) is 2.19. The molecule has 0 spiro atoms. The molecule has 5 heteroatoms. The zero-order valence-corrected chi connectivity index (χ0v) is 20.3. The van der Waals surface area contributed by atoms with Crippen molar-refractivity contribution in [2.24, 2.45) is 11.8 Å². The van der Waals surface area contributed by atoms with Crippen molar-refractivity contribution in [1.82, 2.24) is 19.8 Å². The van der Waals surface area contributed by atoms with Gasteiger partial charge in [-0.05, 0) is 47.1 Å². The third-order valence-electron chi connectivity index (χ3n) is 7.65. The summed E-state index contributed by atoms with van der Waals surface area (Å²) < 4.78 is 5.34. The largest absolute Gasteiger partial charge is 0.481 e. The minimum Gasteiger partial charge on any atom is -0.481 e. The number of hydrogen-bond donors (Lipinski definition) is 0. The van der Waals surface area contributed by atoms with Crippen LogP contribution in [0.1, 0.15) is 16.7 Å². The molecule has 4 aromatic rings. The Labute approximate surface area is 207 Å². The molecule has 2 aromatic carbocycles. The number of pyridine rings is 2. The van der Waals surface area contributed by atoms with Crippen LogP contribution < -0.4 is 4.74 Å². The number of fused-ring (bicyclic) bond motifs is 2. The van der Waals surface area contributed by atoms with E-state index in [-0.39, 0.29) is 0 Å². The van der Waals surface area contributed by atoms with Crippen LogP contribution in [-0.4, -0.2) is 52.6 Å². The van der Waals surface area contributed by atoms with Crippen molar-refractivity contribution in [2.75, 3.05) is 26.7 Å². The zero-order chi connectivity index (χ0) is 23.6. The van der Waals surface area contributed by atoms with Crippen molar-refractivity contribution < 1.29 is 4.74 Å². The first-order chi connectivity index (χ1) is 17.3. The Balaban J connectivity index is 1.10. The lowest BCUT2D eigenvalue weighted by Gasteiger charge is -2.27. The van der Waals surface area contributed by atoms with Crippen molar-refractivity contribution in [1.29, 1.82) is 0 Å². The molecule has 5 nitrogen and oxygen atoms in total. The third kappa shape index (κ3) is 4.79. The van der Waals surface area contributed by atoms with Crippen molar-refractivity contribution >= 4 is 11.0 Å². The van der Waals surface area contributed by atoms with E-state index in [1.54, 1.807) is 7.11 Å². The molecule has 2 aromatic heterocycles. The maximum atomic E-state index is 5.34. The Morgan fingerprint density at radius 1 is 0.857 bits per heavy atom. The van der Waals surface area contributed by atoms with Crippen molar-refractivity contribution in [3.8, 4) is 5.88 Å². The van der Waals surface area contributed by atoms with E-state index in [9.17, 15) is 0 Å². The average molecular weight is 465 g/mol. The van der Waals surface area contributed by atoms with E-state index in [0.717, 1.165) is 48.9 Å². The molecule has 1 unspecified atom stereocenters. The van der Waals surface area contributed by atoms with Gasteiger partial charge in [-0.1, -0.05) is 60.7 Å². The first-order valence-corrected chi connectivity index (χ1v) is 12.6. The highest BCUT2D eigenvalue weighted by atomic mass is 16.5. The molecule has 2 aliphatic rings. The summed E-state index contributed by atoms with van der Waals surface area (Å²) in [6, 6.07) is 28.5. The van der Waals surface area contributed by atoms with Gasteiger partial charge < -0.3 is 9.64 Å². The van der Waals surface area contributed by atoms with Crippen LogP contribution in [0.3, 0.4) is 0 Å². The number of ether oxygens (including phenoxy) is 1. The van der Waals surface area contributed by atoms with Gasteiger partial charge in [-0.25, -0.2) is 4.98 Å². The van der Waals surface area contributed by atoms with E-state index < -0.39 is 0 Å². The van der Waals surface area contributed by atoms with Crippen molar-refractivity contribution in [3.05, 3.63) is 102 Å². The summed E-state index contributed by atoms with van der Waals surface area (Å²) in [7, 11) is 1.66. The van der Waals surface area contributed by atoms with E-state index in [2.05, 4.69) is 86.5 Å². The van der Waals surface area contributed by atoms with Crippen LogP contribution in [0.15, 0.2) is 85.1 Å². The molecule has 3 heterocycles. The normalized spacial score (nSPS) is 21.4. The van der Waals surface area contributed by atoms with Gasteiger partial charge in [0, 0.05) is 51.0 Å². The highest BCUT2D eigenvalue weighted by Gasteiger charge is 2.57. The van der Waals surface area contributed by atoms with E-state index in [1.807, 2.05) is 18.3 Å². The van der Waals surface area contributed by atoms with Crippen LogP contribution >= 0.6 is 0 Å². The van der Waals surface area contributed by atoms with Gasteiger partial charge in [0.1, 0.15) is 0 Å². The predicted molar refractivity (Wildman–Crippen MR) is 139 cm³/mol. The molecule has 0 radical (unpaired) electrons. The van der Waals surface area contributed by atoms with E-state index >= 15 is 0 Å². The Bertz CT molecular complexity index is 1230. The molecule has 2 fully saturated rings. The fraction of sp³-hybridized carbons (Fsp3) is 0.333. The van der Waals surface area contributed by atoms with Gasteiger partial charge in [-0.2, -0.15) is 0 Å². The van der Waals surface area contributed by atoms with Gasteiger partial charge in [0.2, 0.25) is 5.88 Å². The Hall–Kier alpha value is -3.28. The molecule has 1 aliphatic heterocycles. The first kappa shape index (κ1) is 22.2. The second kappa shape index (κ2) is 9.76. The standard InChI is InChI=1S/C30H32N4O/c1-35-28-13-12-27-29(32-28)24(14-16-31-27)15-17-33-20-25-26(21-33)30(25)34(18-22-8-4-2-5-9-22)19-23-10-6-3-7-11-23/h2-14,16,25-26,30H,15,17-21H2,1H3/t25-,26+,30?. The Kier molecular flexibility index (Phi) is 6.19. The molecular formula is C30H32N4O. The van der Waals surface area contributed by atoms with Crippen LogP contribution in [0.2, 0.25) is 0 Å². The molecule has 0 bridgehead atoms. The lowest BCUT2D eigenvalue weighted by Crippen LogP contribution is -2.35.